The second-order valence-electron chi connectivity index (χ2n) is 6.86. The molecule has 0 atom stereocenters. The van der Waals surface area contributed by atoms with Crippen molar-refractivity contribution in [3.8, 4) is 23.0 Å². The third kappa shape index (κ3) is 4.08. The lowest BCUT2D eigenvalue weighted by atomic mass is 10.2. The Morgan fingerprint density at radius 1 is 1.00 bits per heavy atom. The maximum absolute atomic E-state index is 12.1. The van der Waals surface area contributed by atoms with Crippen LogP contribution in [0.4, 0.5) is 0 Å². The summed E-state index contributed by atoms with van der Waals surface area (Å²) in [5, 5.41) is 9.15. The van der Waals surface area contributed by atoms with Crippen LogP contribution >= 0.6 is 0 Å². The average Bonchev–Trinajstić information content (AvgIpc) is 3.18. The summed E-state index contributed by atoms with van der Waals surface area (Å²) in [6.45, 7) is 4.21. The molecule has 0 aliphatic carbocycles. The molecule has 4 aromatic rings. The van der Waals surface area contributed by atoms with Crippen LogP contribution in [-0.2, 0) is 6.61 Å². The van der Waals surface area contributed by atoms with Gasteiger partial charge >= 0.3 is 0 Å². The lowest BCUT2D eigenvalue weighted by molar-refractivity contribution is 0.291. The van der Waals surface area contributed by atoms with Crippen molar-refractivity contribution in [1.29, 1.82) is 0 Å². The molecule has 0 spiro atoms. The SMILES string of the molecule is CC(C)n1nc(-c2cc(OCc3cccnc3)nn2-c2ccccc2)ccc1=O. The first kappa shape index (κ1) is 18.6. The molecule has 146 valence electrons. The number of hydrogen-bond donors (Lipinski definition) is 0. The summed E-state index contributed by atoms with van der Waals surface area (Å²) >= 11 is 0. The van der Waals surface area contributed by atoms with Crippen molar-refractivity contribution in [2.75, 3.05) is 0 Å². The number of hydrogen-bond acceptors (Lipinski definition) is 5. The summed E-state index contributed by atoms with van der Waals surface area (Å²) in [6.07, 6.45) is 3.48. The molecule has 0 radical (unpaired) electrons. The van der Waals surface area contributed by atoms with Gasteiger partial charge < -0.3 is 4.74 Å². The van der Waals surface area contributed by atoms with Gasteiger partial charge in [-0.3, -0.25) is 9.78 Å². The minimum Gasteiger partial charge on any atom is -0.472 e. The number of para-hydroxylation sites is 1. The van der Waals surface area contributed by atoms with E-state index in [1.54, 1.807) is 23.1 Å². The fourth-order valence-corrected chi connectivity index (χ4v) is 2.95. The predicted molar refractivity (Wildman–Crippen MR) is 110 cm³/mol. The van der Waals surface area contributed by atoms with Crippen molar-refractivity contribution >= 4 is 0 Å². The van der Waals surface area contributed by atoms with Crippen LogP contribution in [0, 0.1) is 0 Å². The van der Waals surface area contributed by atoms with Crippen molar-refractivity contribution in [2.45, 2.75) is 26.5 Å². The van der Waals surface area contributed by atoms with Gasteiger partial charge in [0.1, 0.15) is 12.3 Å². The zero-order valence-corrected chi connectivity index (χ0v) is 16.3. The van der Waals surface area contributed by atoms with Gasteiger partial charge in [-0.2, -0.15) is 5.10 Å². The molecule has 3 heterocycles. The lowest BCUT2D eigenvalue weighted by Gasteiger charge is -2.11. The highest BCUT2D eigenvalue weighted by Crippen LogP contribution is 2.26. The van der Waals surface area contributed by atoms with Crippen LogP contribution in [0.3, 0.4) is 0 Å². The number of rotatable bonds is 6. The van der Waals surface area contributed by atoms with E-state index < -0.39 is 0 Å². The molecule has 0 saturated heterocycles. The summed E-state index contributed by atoms with van der Waals surface area (Å²) in [5.41, 5.74) is 3.08. The normalized spacial score (nSPS) is 11.0. The van der Waals surface area contributed by atoms with Crippen LogP contribution in [0.1, 0.15) is 25.5 Å². The highest BCUT2D eigenvalue weighted by Gasteiger charge is 2.16. The van der Waals surface area contributed by atoms with Crippen molar-refractivity contribution in [3.63, 3.8) is 0 Å². The van der Waals surface area contributed by atoms with Crippen LogP contribution in [-0.4, -0.2) is 24.5 Å². The zero-order chi connectivity index (χ0) is 20.2. The molecule has 3 aromatic heterocycles. The van der Waals surface area contributed by atoms with E-state index in [0.29, 0.717) is 18.2 Å². The average molecular weight is 387 g/mol. The molecular weight excluding hydrogens is 366 g/mol. The molecule has 1 aromatic carbocycles. The summed E-state index contributed by atoms with van der Waals surface area (Å²) in [6, 6.07) is 18.6. The standard InChI is InChI=1S/C22H21N5O2/c1-16(2)26-22(28)11-10-19(24-26)20-13-21(29-15-17-7-6-12-23-14-17)25-27(20)18-8-4-3-5-9-18/h3-14,16H,15H2,1-2H3. The van der Waals surface area contributed by atoms with Gasteiger partial charge in [-0.1, -0.05) is 24.3 Å². The maximum Gasteiger partial charge on any atom is 0.267 e. The van der Waals surface area contributed by atoms with Gasteiger partial charge in [0.15, 0.2) is 0 Å². The molecule has 0 fully saturated rings. The van der Waals surface area contributed by atoms with Crippen molar-refractivity contribution in [3.05, 3.63) is 89.0 Å². The molecule has 0 bridgehead atoms. The van der Waals surface area contributed by atoms with Gasteiger partial charge in [0, 0.05) is 30.1 Å². The Labute approximate surface area is 168 Å². The van der Waals surface area contributed by atoms with E-state index in [1.165, 1.54) is 10.7 Å². The second-order valence-corrected chi connectivity index (χ2v) is 6.86. The van der Waals surface area contributed by atoms with E-state index in [0.717, 1.165) is 16.9 Å². The fraction of sp³-hybridized carbons (Fsp3) is 0.182. The van der Waals surface area contributed by atoms with Crippen molar-refractivity contribution < 1.29 is 4.74 Å². The minimum atomic E-state index is -0.137. The molecule has 7 heteroatoms. The molecule has 0 aliphatic rings. The van der Waals surface area contributed by atoms with E-state index in [9.17, 15) is 4.79 Å². The van der Waals surface area contributed by atoms with Crippen LogP contribution in [0.25, 0.3) is 17.1 Å². The molecule has 0 amide bonds. The van der Waals surface area contributed by atoms with Gasteiger partial charge in [-0.05, 0) is 38.1 Å². The minimum absolute atomic E-state index is 0.0446. The summed E-state index contributed by atoms with van der Waals surface area (Å²) in [7, 11) is 0. The summed E-state index contributed by atoms with van der Waals surface area (Å²) < 4.78 is 9.13. The predicted octanol–water partition coefficient (Wildman–Crippen LogP) is 3.65. The van der Waals surface area contributed by atoms with Crippen molar-refractivity contribution in [2.24, 2.45) is 0 Å². The number of ether oxygens (including phenoxy) is 1. The molecule has 4 rings (SSSR count). The van der Waals surface area contributed by atoms with Gasteiger partial charge in [0.2, 0.25) is 5.88 Å². The summed E-state index contributed by atoms with van der Waals surface area (Å²) in [5.74, 6) is 0.469. The highest BCUT2D eigenvalue weighted by molar-refractivity contribution is 5.59. The molecule has 0 aliphatic heterocycles. The largest absolute Gasteiger partial charge is 0.472 e. The molecule has 0 unspecified atom stereocenters. The zero-order valence-electron chi connectivity index (χ0n) is 16.3. The quantitative estimate of drug-likeness (QED) is 0.505. The van der Waals surface area contributed by atoms with E-state index in [1.807, 2.05) is 62.4 Å². The summed E-state index contributed by atoms with van der Waals surface area (Å²) in [4.78, 5) is 16.2. The van der Waals surface area contributed by atoms with Crippen LogP contribution in [0.5, 0.6) is 5.88 Å². The Kier molecular flexibility index (Phi) is 5.20. The van der Waals surface area contributed by atoms with E-state index in [2.05, 4.69) is 15.2 Å². The first-order valence-corrected chi connectivity index (χ1v) is 9.39. The first-order chi connectivity index (χ1) is 14.1. The van der Waals surface area contributed by atoms with Crippen LogP contribution in [0.15, 0.2) is 77.9 Å². The van der Waals surface area contributed by atoms with Crippen molar-refractivity contribution in [1.82, 2.24) is 24.5 Å². The molecule has 0 saturated carbocycles. The second kappa shape index (κ2) is 8.10. The number of benzene rings is 1. The van der Waals surface area contributed by atoms with E-state index >= 15 is 0 Å². The molecule has 29 heavy (non-hydrogen) atoms. The number of nitrogens with zero attached hydrogens (tertiary/aromatic N) is 5. The topological polar surface area (TPSA) is 74.8 Å². The Morgan fingerprint density at radius 3 is 2.55 bits per heavy atom. The third-order valence-electron chi connectivity index (χ3n) is 4.37. The van der Waals surface area contributed by atoms with E-state index in [4.69, 9.17) is 4.74 Å². The Bertz CT molecular complexity index is 1150. The van der Waals surface area contributed by atoms with Gasteiger partial charge in [0.05, 0.1) is 17.4 Å². The number of pyridine rings is 1. The highest BCUT2D eigenvalue weighted by atomic mass is 16.5. The van der Waals surface area contributed by atoms with Gasteiger partial charge in [0.25, 0.3) is 5.56 Å². The van der Waals surface area contributed by atoms with Gasteiger partial charge in [-0.25, -0.2) is 9.36 Å². The Hall–Kier alpha value is -3.74. The Balaban J connectivity index is 1.75. The van der Waals surface area contributed by atoms with Gasteiger partial charge in [-0.15, -0.1) is 5.10 Å². The third-order valence-corrected chi connectivity index (χ3v) is 4.37. The lowest BCUT2D eigenvalue weighted by Crippen LogP contribution is -2.24. The Morgan fingerprint density at radius 2 is 1.83 bits per heavy atom. The first-order valence-electron chi connectivity index (χ1n) is 9.39. The fourth-order valence-electron chi connectivity index (χ4n) is 2.95. The number of aromatic nitrogens is 5. The van der Waals surface area contributed by atoms with Crippen LogP contribution in [0.2, 0.25) is 0 Å². The van der Waals surface area contributed by atoms with E-state index in [-0.39, 0.29) is 11.6 Å². The maximum atomic E-state index is 12.1. The molecule has 7 nitrogen and oxygen atoms in total. The van der Waals surface area contributed by atoms with Crippen LogP contribution < -0.4 is 10.3 Å². The monoisotopic (exact) mass is 387 g/mol. The molecular formula is C22H21N5O2. The molecule has 0 N–H and O–H groups in total. The smallest absolute Gasteiger partial charge is 0.267 e.